The molecule has 0 radical (unpaired) electrons. The lowest BCUT2D eigenvalue weighted by atomic mass is 10.1. The molecule has 0 aliphatic carbocycles. The minimum absolute atomic E-state index is 0.0569. The fraction of sp³-hybridized carbons (Fsp3) is 0.238. The third-order valence-electron chi connectivity index (χ3n) is 4.83. The van der Waals surface area contributed by atoms with Crippen molar-refractivity contribution in [2.75, 3.05) is 11.1 Å². The lowest BCUT2D eigenvalue weighted by Crippen LogP contribution is -2.19. The largest absolute Gasteiger partial charge is 0.382 e. The molecule has 6 nitrogen and oxygen atoms in total. The average molecular weight is 498 g/mol. The van der Waals surface area contributed by atoms with Crippen LogP contribution in [0.1, 0.15) is 41.9 Å². The van der Waals surface area contributed by atoms with Crippen LogP contribution in [0.15, 0.2) is 47.4 Å². The van der Waals surface area contributed by atoms with Crippen molar-refractivity contribution in [3.63, 3.8) is 0 Å². The Bertz CT molecular complexity index is 1180. The molecule has 0 unspecified atom stereocenters. The van der Waals surface area contributed by atoms with Gasteiger partial charge in [-0.3, -0.25) is 4.79 Å². The molecular weight excluding hydrogens is 477 g/mol. The molecule has 0 spiro atoms. The van der Waals surface area contributed by atoms with Gasteiger partial charge in [0.2, 0.25) is 5.78 Å². The summed E-state index contributed by atoms with van der Waals surface area (Å²) in [4.78, 5) is 17.6. The first-order chi connectivity index (χ1) is 14.7. The number of ketones is 1. The highest BCUT2D eigenvalue weighted by atomic mass is 35.5. The molecule has 3 N–H and O–H groups in total. The highest BCUT2D eigenvalue weighted by Crippen LogP contribution is 2.34. The number of nitrogens with two attached hydrogens (primary N) is 1. The van der Waals surface area contributed by atoms with E-state index in [-0.39, 0.29) is 31.2 Å². The van der Waals surface area contributed by atoms with Crippen LogP contribution in [-0.2, 0) is 9.84 Å². The van der Waals surface area contributed by atoms with Crippen LogP contribution in [0.5, 0.6) is 0 Å². The summed E-state index contributed by atoms with van der Waals surface area (Å²) >= 11 is 13.3. The number of nitrogen functional groups attached to an aromatic ring is 1. The zero-order valence-electron chi connectivity index (χ0n) is 16.9. The topological polar surface area (TPSA) is 102 Å². The molecule has 0 saturated heterocycles. The fourth-order valence-electron chi connectivity index (χ4n) is 3.15. The minimum atomic E-state index is -3.37. The lowest BCUT2D eigenvalue weighted by Gasteiger charge is -2.14. The smallest absolute Gasteiger partial charge is 0.209 e. The van der Waals surface area contributed by atoms with Gasteiger partial charge < -0.3 is 11.1 Å². The van der Waals surface area contributed by atoms with Crippen LogP contribution in [0.3, 0.4) is 0 Å². The van der Waals surface area contributed by atoms with Gasteiger partial charge in [0, 0.05) is 5.69 Å². The number of thiazole rings is 1. The highest BCUT2D eigenvalue weighted by Gasteiger charge is 2.25. The Kier molecular flexibility index (Phi) is 7.26. The number of aromatic nitrogens is 1. The van der Waals surface area contributed by atoms with Crippen molar-refractivity contribution in [1.29, 1.82) is 0 Å². The van der Waals surface area contributed by atoms with Crippen LogP contribution < -0.4 is 11.1 Å². The molecule has 0 atom stereocenters. The number of halogens is 2. The summed E-state index contributed by atoms with van der Waals surface area (Å²) in [5.41, 5.74) is 6.74. The number of carbonyl (C=O) groups is 1. The molecule has 0 saturated carbocycles. The molecule has 31 heavy (non-hydrogen) atoms. The van der Waals surface area contributed by atoms with Gasteiger partial charge in [-0.2, -0.15) is 0 Å². The quantitative estimate of drug-likeness (QED) is 0.371. The van der Waals surface area contributed by atoms with Crippen molar-refractivity contribution in [2.45, 2.75) is 36.8 Å². The molecule has 1 aromatic heterocycles. The Morgan fingerprint density at radius 3 is 2.23 bits per heavy atom. The van der Waals surface area contributed by atoms with Crippen molar-refractivity contribution in [3.8, 4) is 0 Å². The summed E-state index contributed by atoms with van der Waals surface area (Å²) in [6.45, 7) is 3.73. The number of sulfone groups is 1. The van der Waals surface area contributed by atoms with Crippen molar-refractivity contribution in [1.82, 2.24) is 4.98 Å². The van der Waals surface area contributed by atoms with E-state index < -0.39 is 20.9 Å². The normalized spacial score (nSPS) is 11.6. The Balaban J connectivity index is 1.83. The molecule has 0 fully saturated rings. The fourth-order valence-corrected chi connectivity index (χ4v) is 6.35. The number of anilines is 3. The summed E-state index contributed by atoms with van der Waals surface area (Å²) in [6, 6.07) is 11.2. The number of hydrogen-bond acceptors (Lipinski definition) is 7. The molecule has 3 aromatic rings. The van der Waals surface area contributed by atoms with Crippen LogP contribution in [0, 0.1) is 0 Å². The van der Waals surface area contributed by atoms with Gasteiger partial charge in [-0.1, -0.05) is 54.5 Å². The molecule has 10 heteroatoms. The maximum Gasteiger partial charge on any atom is 0.209 e. The van der Waals surface area contributed by atoms with Crippen LogP contribution in [0.2, 0.25) is 10.0 Å². The molecule has 1 heterocycles. The average Bonchev–Trinajstić information content (AvgIpc) is 3.09. The third-order valence-corrected chi connectivity index (χ3v) is 8.92. The number of nitrogens with zero attached hydrogens (tertiary/aromatic N) is 1. The van der Waals surface area contributed by atoms with Crippen molar-refractivity contribution >= 4 is 66.8 Å². The summed E-state index contributed by atoms with van der Waals surface area (Å²) in [6.07, 6.45) is 1.12. The zero-order chi connectivity index (χ0) is 22.8. The second kappa shape index (κ2) is 9.56. The van der Waals surface area contributed by atoms with Crippen molar-refractivity contribution in [2.24, 2.45) is 0 Å². The van der Waals surface area contributed by atoms with Gasteiger partial charge in [0.25, 0.3) is 0 Å². The van der Waals surface area contributed by atoms with Crippen LogP contribution in [0.25, 0.3) is 0 Å². The number of hydrogen-bond donors (Lipinski definition) is 2. The standard InChI is InChI=1S/C21H21Cl2N3O3S2/c1-3-13(4-2)31(28,29)14-10-8-12(9-11-14)25-21-26-20(24)19(30-21)18(27)17-15(22)6-5-7-16(17)23/h5-11,13H,3-4,24H2,1-2H3,(H,25,26). The van der Waals surface area contributed by atoms with Gasteiger partial charge in [-0.25, -0.2) is 13.4 Å². The van der Waals surface area contributed by atoms with E-state index in [1.54, 1.807) is 42.5 Å². The van der Waals surface area contributed by atoms with Gasteiger partial charge in [-0.15, -0.1) is 0 Å². The molecule has 164 valence electrons. The van der Waals surface area contributed by atoms with Crippen LogP contribution in [0.4, 0.5) is 16.6 Å². The first-order valence-electron chi connectivity index (χ1n) is 9.55. The first kappa shape index (κ1) is 23.5. The van der Waals surface area contributed by atoms with Crippen LogP contribution in [-0.4, -0.2) is 24.4 Å². The maximum absolute atomic E-state index is 12.9. The second-order valence-electron chi connectivity index (χ2n) is 6.79. The summed E-state index contributed by atoms with van der Waals surface area (Å²) in [5, 5.41) is 3.49. The molecule has 3 rings (SSSR count). The van der Waals surface area contributed by atoms with E-state index in [4.69, 9.17) is 28.9 Å². The van der Waals surface area contributed by atoms with E-state index in [0.717, 1.165) is 11.3 Å². The SMILES string of the molecule is CCC(CC)S(=O)(=O)c1ccc(Nc2nc(N)c(C(=O)c3c(Cl)cccc3Cl)s2)cc1. The Labute approximate surface area is 195 Å². The Morgan fingerprint density at radius 1 is 1.10 bits per heavy atom. The highest BCUT2D eigenvalue weighted by molar-refractivity contribution is 7.92. The Morgan fingerprint density at radius 2 is 1.68 bits per heavy atom. The van der Waals surface area contributed by atoms with Gasteiger partial charge in [0.15, 0.2) is 15.0 Å². The Hall–Kier alpha value is -2.13. The van der Waals surface area contributed by atoms with E-state index in [0.29, 0.717) is 23.7 Å². The van der Waals surface area contributed by atoms with Gasteiger partial charge in [0.05, 0.1) is 25.8 Å². The maximum atomic E-state index is 12.9. The lowest BCUT2D eigenvalue weighted by molar-refractivity contribution is 0.104. The van der Waals surface area contributed by atoms with Crippen molar-refractivity contribution in [3.05, 3.63) is 63.0 Å². The van der Waals surface area contributed by atoms with Gasteiger partial charge >= 0.3 is 0 Å². The number of rotatable bonds is 8. The summed E-state index contributed by atoms with van der Waals surface area (Å²) in [7, 11) is -3.37. The number of carbonyl (C=O) groups excluding carboxylic acids is 1. The molecule has 0 aliphatic heterocycles. The van der Waals surface area contributed by atoms with Gasteiger partial charge in [-0.05, 0) is 49.2 Å². The predicted octanol–water partition coefficient (Wildman–Crippen LogP) is 5.97. The van der Waals surface area contributed by atoms with E-state index in [2.05, 4.69) is 10.3 Å². The molecule has 2 aromatic carbocycles. The predicted molar refractivity (Wildman–Crippen MR) is 128 cm³/mol. The van der Waals surface area contributed by atoms with E-state index in [1.165, 1.54) is 0 Å². The molecule has 0 amide bonds. The number of benzene rings is 2. The summed E-state index contributed by atoms with van der Waals surface area (Å²) in [5.74, 6) is -0.355. The summed E-state index contributed by atoms with van der Waals surface area (Å²) < 4.78 is 25.3. The van der Waals surface area contributed by atoms with Gasteiger partial charge in [0.1, 0.15) is 10.7 Å². The zero-order valence-corrected chi connectivity index (χ0v) is 20.0. The first-order valence-corrected chi connectivity index (χ1v) is 12.7. The van der Waals surface area contributed by atoms with E-state index in [9.17, 15) is 13.2 Å². The van der Waals surface area contributed by atoms with E-state index in [1.807, 2.05) is 13.8 Å². The second-order valence-corrected chi connectivity index (χ2v) is 10.8. The third kappa shape index (κ3) is 4.87. The van der Waals surface area contributed by atoms with Crippen LogP contribution >= 0.6 is 34.5 Å². The minimum Gasteiger partial charge on any atom is -0.382 e. The molecule has 0 aliphatic rings. The van der Waals surface area contributed by atoms with E-state index >= 15 is 0 Å². The van der Waals surface area contributed by atoms with Crippen molar-refractivity contribution < 1.29 is 13.2 Å². The molecular formula is C21H21Cl2N3O3S2. The number of nitrogens with one attached hydrogen (secondary N) is 1. The molecule has 0 bridgehead atoms. The monoisotopic (exact) mass is 497 g/mol.